The van der Waals surface area contributed by atoms with E-state index >= 15 is 0 Å². The standard InChI is InChI=1S/C15H18BrClN2O/c16-13-8-10(17)1-4-14(13)19-15(20)7-9-5-11-2-3-12(6-9)18-11/h1,4,8-9,11-12,18H,2-3,5-7H2,(H,19,20). The van der Waals surface area contributed by atoms with Gasteiger partial charge in [0.05, 0.1) is 5.69 Å². The maximum atomic E-state index is 12.2. The normalized spacial score (nSPS) is 28.4. The van der Waals surface area contributed by atoms with Gasteiger partial charge >= 0.3 is 0 Å². The molecule has 0 aromatic heterocycles. The van der Waals surface area contributed by atoms with Crippen molar-refractivity contribution in [2.24, 2.45) is 5.92 Å². The average Bonchev–Trinajstić information content (AvgIpc) is 2.72. The zero-order chi connectivity index (χ0) is 14.1. The third-order valence-corrected chi connectivity index (χ3v) is 5.14. The summed E-state index contributed by atoms with van der Waals surface area (Å²) < 4.78 is 0.823. The van der Waals surface area contributed by atoms with Crippen LogP contribution in [0.25, 0.3) is 0 Å². The molecule has 1 amide bonds. The molecule has 2 bridgehead atoms. The van der Waals surface area contributed by atoms with E-state index in [0.29, 0.717) is 29.4 Å². The van der Waals surface area contributed by atoms with Crippen molar-refractivity contribution >= 4 is 39.1 Å². The number of halogens is 2. The van der Waals surface area contributed by atoms with Gasteiger partial charge in [0.15, 0.2) is 0 Å². The number of carbonyl (C=O) groups is 1. The molecular formula is C15H18BrClN2O. The molecule has 2 aliphatic rings. The van der Waals surface area contributed by atoms with Crippen molar-refractivity contribution in [1.29, 1.82) is 0 Å². The molecule has 0 radical (unpaired) electrons. The second-order valence-electron chi connectivity index (χ2n) is 5.85. The maximum Gasteiger partial charge on any atom is 0.224 e. The molecule has 1 aromatic carbocycles. The second kappa shape index (κ2) is 6.04. The second-order valence-corrected chi connectivity index (χ2v) is 7.14. The molecule has 0 aliphatic carbocycles. The van der Waals surface area contributed by atoms with Gasteiger partial charge in [0.25, 0.3) is 0 Å². The number of anilines is 1. The Kier molecular flexibility index (Phi) is 4.34. The summed E-state index contributed by atoms with van der Waals surface area (Å²) in [6.07, 6.45) is 5.41. The molecule has 3 rings (SSSR count). The molecule has 0 spiro atoms. The summed E-state index contributed by atoms with van der Waals surface area (Å²) in [6, 6.07) is 6.67. The van der Waals surface area contributed by atoms with Crippen molar-refractivity contribution in [1.82, 2.24) is 5.32 Å². The lowest BCUT2D eigenvalue weighted by molar-refractivity contribution is -0.117. The predicted octanol–water partition coefficient (Wildman–Crippen LogP) is 3.96. The van der Waals surface area contributed by atoms with Crippen molar-refractivity contribution in [3.63, 3.8) is 0 Å². The third-order valence-electron chi connectivity index (χ3n) is 4.25. The largest absolute Gasteiger partial charge is 0.325 e. The van der Waals surface area contributed by atoms with Crippen LogP contribution < -0.4 is 10.6 Å². The summed E-state index contributed by atoms with van der Waals surface area (Å²) in [5, 5.41) is 7.23. The fourth-order valence-corrected chi connectivity index (χ4v) is 4.18. The summed E-state index contributed by atoms with van der Waals surface area (Å²) in [5.74, 6) is 0.610. The lowest BCUT2D eigenvalue weighted by Crippen LogP contribution is -2.39. The van der Waals surface area contributed by atoms with Crippen LogP contribution in [0.2, 0.25) is 5.02 Å². The number of carbonyl (C=O) groups excluding carboxylic acids is 1. The Morgan fingerprint density at radius 1 is 1.35 bits per heavy atom. The van der Waals surface area contributed by atoms with Crippen molar-refractivity contribution in [3.05, 3.63) is 27.7 Å². The van der Waals surface area contributed by atoms with Crippen LogP contribution in [0, 0.1) is 5.92 Å². The van der Waals surface area contributed by atoms with E-state index in [1.165, 1.54) is 12.8 Å². The summed E-state index contributed by atoms with van der Waals surface area (Å²) >= 11 is 9.32. The highest BCUT2D eigenvalue weighted by Crippen LogP contribution is 2.33. The van der Waals surface area contributed by atoms with Crippen LogP contribution in [0.3, 0.4) is 0 Å². The molecule has 5 heteroatoms. The summed E-state index contributed by atoms with van der Waals surface area (Å²) in [5.41, 5.74) is 0.788. The van der Waals surface area contributed by atoms with E-state index in [1.54, 1.807) is 12.1 Å². The van der Waals surface area contributed by atoms with E-state index in [0.717, 1.165) is 23.0 Å². The molecule has 2 saturated heterocycles. The van der Waals surface area contributed by atoms with Gasteiger partial charge in [0.1, 0.15) is 0 Å². The zero-order valence-corrected chi connectivity index (χ0v) is 13.5. The van der Waals surface area contributed by atoms with Crippen molar-refractivity contribution in [3.8, 4) is 0 Å². The van der Waals surface area contributed by atoms with Gasteiger partial charge < -0.3 is 10.6 Å². The van der Waals surface area contributed by atoms with Gasteiger partial charge in [-0.2, -0.15) is 0 Å². The van der Waals surface area contributed by atoms with Gasteiger partial charge in [0.2, 0.25) is 5.91 Å². The molecule has 2 N–H and O–H groups in total. The van der Waals surface area contributed by atoms with Gasteiger partial charge in [-0.3, -0.25) is 4.79 Å². The summed E-state index contributed by atoms with van der Waals surface area (Å²) in [6.45, 7) is 0. The molecule has 2 fully saturated rings. The Bertz CT molecular complexity index is 511. The Labute approximate surface area is 132 Å². The molecule has 2 atom stereocenters. The molecule has 3 nitrogen and oxygen atoms in total. The molecular weight excluding hydrogens is 340 g/mol. The summed E-state index contributed by atoms with van der Waals surface area (Å²) in [7, 11) is 0. The quantitative estimate of drug-likeness (QED) is 0.859. The van der Waals surface area contributed by atoms with Crippen LogP contribution in [-0.4, -0.2) is 18.0 Å². The van der Waals surface area contributed by atoms with E-state index in [-0.39, 0.29) is 5.91 Å². The maximum absolute atomic E-state index is 12.2. The number of benzene rings is 1. The number of amides is 1. The molecule has 2 heterocycles. The molecule has 1 aromatic rings. The first-order valence-corrected chi connectivity index (χ1v) is 8.28. The minimum absolute atomic E-state index is 0.0966. The number of hydrogen-bond donors (Lipinski definition) is 2. The zero-order valence-electron chi connectivity index (χ0n) is 11.2. The lowest BCUT2D eigenvalue weighted by Gasteiger charge is -2.28. The summed E-state index contributed by atoms with van der Waals surface area (Å²) in [4.78, 5) is 12.2. The topological polar surface area (TPSA) is 41.1 Å². The van der Waals surface area contributed by atoms with Gasteiger partial charge in [-0.05, 0) is 65.7 Å². The first-order valence-electron chi connectivity index (χ1n) is 7.11. The van der Waals surface area contributed by atoms with E-state index in [1.807, 2.05) is 6.07 Å². The highest BCUT2D eigenvalue weighted by atomic mass is 79.9. The van der Waals surface area contributed by atoms with Crippen LogP contribution in [0.4, 0.5) is 5.69 Å². The van der Waals surface area contributed by atoms with Gasteiger partial charge in [-0.1, -0.05) is 11.6 Å². The Hall–Kier alpha value is -0.580. The number of piperidine rings is 1. The number of hydrogen-bond acceptors (Lipinski definition) is 2. The SMILES string of the molecule is O=C(CC1CC2CCC(C1)N2)Nc1ccc(Cl)cc1Br. The first-order chi connectivity index (χ1) is 9.60. The molecule has 0 saturated carbocycles. The molecule has 2 aliphatic heterocycles. The first kappa shape index (κ1) is 14.4. The highest BCUT2D eigenvalue weighted by Gasteiger charge is 2.34. The van der Waals surface area contributed by atoms with E-state index in [2.05, 4.69) is 26.6 Å². The van der Waals surface area contributed by atoms with Gasteiger partial charge in [-0.25, -0.2) is 0 Å². The van der Waals surface area contributed by atoms with Crippen LogP contribution in [0.15, 0.2) is 22.7 Å². The minimum Gasteiger partial charge on any atom is -0.325 e. The van der Waals surface area contributed by atoms with Crippen molar-refractivity contribution in [2.45, 2.75) is 44.2 Å². The van der Waals surface area contributed by atoms with E-state index in [4.69, 9.17) is 11.6 Å². The predicted molar refractivity (Wildman–Crippen MR) is 85.1 cm³/mol. The van der Waals surface area contributed by atoms with Gasteiger partial charge in [0, 0.05) is 28.0 Å². The molecule has 20 heavy (non-hydrogen) atoms. The minimum atomic E-state index is 0.0966. The number of nitrogens with one attached hydrogen (secondary N) is 2. The number of fused-ring (bicyclic) bond motifs is 2. The van der Waals surface area contributed by atoms with Gasteiger partial charge in [-0.15, -0.1) is 0 Å². The van der Waals surface area contributed by atoms with Crippen LogP contribution >= 0.6 is 27.5 Å². The Balaban J connectivity index is 1.57. The van der Waals surface area contributed by atoms with Crippen molar-refractivity contribution < 1.29 is 4.79 Å². The fourth-order valence-electron chi connectivity index (χ4n) is 3.40. The highest BCUT2D eigenvalue weighted by molar-refractivity contribution is 9.10. The Morgan fingerprint density at radius 2 is 2.05 bits per heavy atom. The monoisotopic (exact) mass is 356 g/mol. The van der Waals surface area contributed by atoms with Crippen LogP contribution in [-0.2, 0) is 4.79 Å². The van der Waals surface area contributed by atoms with Crippen LogP contribution in [0.5, 0.6) is 0 Å². The third kappa shape index (κ3) is 3.35. The molecule has 108 valence electrons. The van der Waals surface area contributed by atoms with E-state index in [9.17, 15) is 4.79 Å². The smallest absolute Gasteiger partial charge is 0.224 e. The number of rotatable bonds is 3. The van der Waals surface area contributed by atoms with Crippen LogP contribution in [0.1, 0.15) is 32.1 Å². The lowest BCUT2D eigenvalue weighted by atomic mass is 9.89. The van der Waals surface area contributed by atoms with E-state index < -0.39 is 0 Å². The average molecular weight is 358 g/mol. The molecule has 2 unspecified atom stereocenters. The fraction of sp³-hybridized carbons (Fsp3) is 0.533. The van der Waals surface area contributed by atoms with Crippen molar-refractivity contribution in [2.75, 3.05) is 5.32 Å². The Morgan fingerprint density at radius 3 is 2.70 bits per heavy atom.